The number of amides is 1. The number of unbranched alkanes of at least 4 members (excludes halogenated alkanes) is 3. The summed E-state index contributed by atoms with van der Waals surface area (Å²) in [7, 11) is 0. The number of nitrogens with zero attached hydrogens (tertiary/aromatic N) is 1. The first kappa shape index (κ1) is 16.2. The highest BCUT2D eigenvalue weighted by Crippen LogP contribution is 2.33. The Labute approximate surface area is 134 Å². The Hall–Kier alpha value is -1.20. The van der Waals surface area contributed by atoms with Crippen molar-refractivity contribution in [1.29, 1.82) is 0 Å². The average molecular weight is 323 g/mol. The van der Waals surface area contributed by atoms with Crippen molar-refractivity contribution in [2.24, 2.45) is 0 Å². The van der Waals surface area contributed by atoms with Crippen LogP contribution in [-0.2, 0) is 4.79 Å². The molecule has 0 atom stereocenters. The van der Waals surface area contributed by atoms with Crippen molar-refractivity contribution in [2.45, 2.75) is 32.6 Å². The molecule has 1 amide bonds. The lowest BCUT2D eigenvalue weighted by Crippen LogP contribution is -2.29. The Balaban J connectivity index is 2.06. The molecular formula is C16H18FNOS2. The SMILES string of the molecule is CCCCCCN1C(=O)/C(=C/c2ccccc2F)SC1=S. The van der Waals surface area contributed by atoms with Gasteiger partial charge in [-0.3, -0.25) is 9.69 Å². The molecule has 5 heteroatoms. The molecule has 0 aromatic heterocycles. The lowest BCUT2D eigenvalue weighted by molar-refractivity contribution is -0.122. The van der Waals surface area contributed by atoms with Gasteiger partial charge in [0.25, 0.3) is 5.91 Å². The number of hydrogen-bond donors (Lipinski definition) is 0. The molecule has 1 saturated heterocycles. The van der Waals surface area contributed by atoms with Gasteiger partial charge in [0.05, 0.1) is 4.91 Å². The van der Waals surface area contributed by atoms with Crippen molar-refractivity contribution in [3.05, 3.63) is 40.6 Å². The summed E-state index contributed by atoms with van der Waals surface area (Å²) in [5.74, 6) is -0.435. The second-order valence-corrected chi connectivity index (χ2v) is 6.59. The fourth-order valence-corrected chi connectivity index (χ4v) is 3.42. The zero-order chi connectivity index (χ0) is 15.2. The quantitative estimate of drug-likeness (QED) is 0.433. The lowest BCUT2D eigenvalue weighted by atomic mass is 10.2. The van der Waals surface area contributed by atoms with E-state index in [4.69, 9.17) is 12.2 Å². The van der Waals surface area contributed by atoms with Crippen LogP contribution in [0.4, 0.5) is 4.39 Å². The number of thioether (sulfide) groups is 1. The molecule has 0 unspecified atom stereocenters. The fraction of sp³-hybridized carbons (Fsp3) is 0.375. The van der Waals surface area contributed by atoms with E-state index in [0.29, 0.717) is 21.3 Å². The number of rotatable bonds is 6. The highest BCUT2D eigenvalue weighted by molar-refractivity contribution is 8.26. The first-order valence-electron chi connectivity index (χ1n) is 7.13. The summed E-state index contributed by atoms with van der Waals surface area (Å²) in [6, 6.07) is 6.42. The summed E-state index contributed by atoms with van der Waals surface area (Å²) in [5, 5.41) is 0. The van der Waals surface area contributed by atoms with Gasteiger partial charge in [0.15, 0.2) is 0 Å². The highest BCUT2D eigenvalue weighted by Gasteiger charge is 2.31. The smallest absolute Gasteiger partial charge is 0.266 e. The number of benzene rings is 1. The molecule has 0 bridgehead atoms. The Bertz CT molecular complexity index is 571. The van der Waals surface area contributed by atoms with Crippen LogP contribution >= 0.6 is 24.0 Å². The fourth-order valence-electron chi connectivity index (χ4n) is 2.12. The maximum Gasteiger partial charge on any atom is 0.266 e. The second kappa shape index (κ2) is 7.71. The van der Waals surface area contributed by atoms with E-state index in [9.17, 15) is 9.18 Å². The van der Waals surface area contributed by atoms with Crippen LogP contribution in [0.25, 0.3) is 6.08 Å². The summed E-state index contributed by atoms with van der Waals surface area (Å²) in [6.45, 7) is 2.80. The summed E-state index contributed by atoms with van der Waals surface area (Å²) in [5.41, 5.74) is 0.420. The summed E-state index contributed by atoms with van der Waals surface area (Å²) in [6.07, 6.45) is 5.96. The van der Waals surface area contributed by atoms with Crippen molar-refractivity contribution in [2.75, 3.05) is 6.54 Å². The molecule has 0 N–H and O–H groups in total. The Morgan fingerprint density at radius 1 is 1.29 bits per heavy atom. The van der Waals surface area contributed by atoms with Gasteiger partial charge in [0.1, 0.15) is 10.1 Å². The molecule has 2 nitrogen and oxygen atoms in total. The highest BCUT2D eigenvalue weighted by atomic mass is 32.2. The van der Waals surface area contributed by atoms with Gasteiger partial charge in [0.2, 0.25) is 0 Å². The molecule has 0 radical (unpaired) electrons. The van der Waals surface area contributed by atoms with Crippen LogP contribution in [0, 0.1) is 5.82 Å². The minimum atomic E-state index is -0.328. The van der Waals surface area contributed by atoms with E-state index >= 15 is 0 Å². The minimum absolute atomic E-state index is 0.107. The molecule has 0 aliphatic carbocycles. The molecule has 2 rings (SSSR count). The van der Waals surface area contributed by atoms with Gasteiger partial charge in [-0.2, -0.15) is 0 Å². The molecule has 1 heterocycles. The number of carbonyl (C=O) groups excluding carboxylic acids is 1. The van der Waals surface area contributed by atoms with E-state index in [1.807, 2.05) is 0 Å². The predicted molar refractivity (Wildman–Crippen MR) is 90.4 cm³/mol. The molecule has 1 fully saturated rings. The van der Waals surface area contributed by atoms with Crippen molar-refractivity contribution in [3.8, 4) is 0 Å². The average Bonchev–Trinajstić information content (AvgIpc) is 2.73. The summed E-state index contributed by atoms with van der Waals surface area (Å²) < 4.78 is 14.2. The van der Waals surface area contributed by atoms with Crippen LogP contribution in [0.3, 0.4) is 0 Å². The zero-order valence-electron chi connectivity index (χ0n) is 12.0. The minimum Gasteiger partial charge on any atom is -0.293 e. The van der Waals surface area contributed by atoms with Crippen LogP contribution in [-0.4, -0.2) is 21.7 Å². The molecule has 1 aromatic rings. The van der Waals surface area contributed by atoms with Gasteiger partial charge >= 0.3 is 0 Å². The van der Waals surface area contributed by atoms with Gasteiger partial charge < -0.3 is 0 Å². The van der Waals surface area contributed by atoms with Crippen LogP contribution in [0.2, 0.25) is 0 Å². The maximum atomic E-state index is 13.6. The first-order valence-corrected chi connectivity index (χ1v) is 8.36. The van der Waals surface area contributed by atoms with Crippen LogP contribution in [0.15, 0.2) is 29.2 Å². The maximum absolute atomic E-state index is 13.6. The van der Waals surface area contributed by atoms with Crippen molar-refractivity contribution in [3.63, 3.8) is 0 Å². The van der Waals surface area contributed by atoms with Crippen molar-refractivity contribution < 1.29 is 9.18 Å². The predicted octanol–water partition coefficient (Wildman–Crippen LogP) is 4.61. The van der Waals surface area contributed by atoms with E-state index in [1.54, 1.807) is 29.2 Å². The first-order chi connectivity index (χ1) is 10.1. The van der Waals surface area contributed by atoms with Crippen LogP contribution in [0.1, 0.15) is 38.2 Å². The van der Waals surface area contributed by atoms with E-state index < -0.39 is 0 Å². The number of carbonyl (C=O) groups is 1. The van der Waals surface area contributed by atoms with E-state index in [1.165, 1.54) is 24.2 Å². The second-order valence-electron chi connectivity index (χ2n) is 4.92. The third-order valence-electron chi connectivity index (χ3n) is 3.30. The standard InChI is InChI=1S/C16H18FNOS2/c1-2-3-4-7-10-18-15(19)14(21-16(18)20)11-12-8-5-6-9-13(12)17/h5-6,8-9,11H,2-4,7,10H2,1H3/b14-11-. The van der Waals surface area contributed by atoms with Gasteiger partial charge in [-0.15, -0.1) is 0 Å². The molecule has 1 aliphatic rings. The molecule has 1 aromatic carbocycles. The van der Waals surface area contributed by atoms with Crippen molar-refractivity contribution in [1.82, 2.24) is 4.90 Å². The van der Waals surface area contributed by atoms with Gasteiger partial charge in [-0.05, 0) is 18.6 Å². The third kappa shape index (κ3) is 4.14. The molecule has 0 saturated carbocycles. The summed E-state index contributed by atoms with van der Waals surface area (Å²) >= 11 is 6.51. The topological polar surface area (TPSA) is 20.3 Å². The Morgan fingerprint density at radius 2 is 2.05 bits per heavy atom. The largest absolute Gasteiger partial charge is 0.293 e. The molecule has 112 valence electrons. The molecule has 0 spiro atoms. The monoisotopic (exact) mass is 323 g/mol. The summed E-state index contributed by atoms with van der Waals surface area (Å²) in [4.78, 5) is 14.5. The number of hydrogen-bond acceptors (Lipinski definition) is 3. The van der Waals surface area contributed by atoms with E-state index in [0.717, 1.165) is 19.3 Å². The van der Waals surface area contributed by atoms with Gasteiger partial charge in [0, 0.05) is 12.1 Å². The van der Waals surface area contributed by atoms with Gasteiger partial charge in [-0.25, -0.2) is 4.39 Å². The third-order valence-corrected chi connectivity index (χ3v) is 4.68. The van der Waals surface area contributed by atoms with Crippen LogP contribution in [0.5, 0.6) is 0 Å². The molecule has 1 aliphatic heterocycles. The number of halogens is 1. The van der Waals surface area contributed by atoms with Crippen molar-refractivity contribution >= 4 is 40.3 Å². The molecule has 21 heavy (non-hydrogen) atoms. The normalized spacial score (nSPS) is 17.0. The van der Waals surface area contributed by atoms with Crippen LogP contribution < -0.4 is 0 Å². The lowest BCUT2D eigenvalue weighted by Gasteiger charge is -2.13. The van der Waals surface area contributed by atoms with E-state index in [2.05, 4.69) is 6.92 Å². The van der Waals surface area contributed by atoms with Gasteiger partial charge in [-0.1, -0.05) is 68.4 Å². The Morgan fingerprint density at radius 3 is 2.76 bits per heavy atom. The number of thiocarbonyl (C=S) groups is 1. The van der Waals surface area contributed by atoms with E-state index in [-0.39, 0.29) is 11.7 Å². The molecular weight excluding hydrogens is 305 g/mol. The zero-order valence-corrected chi connectivity index (χ0v) is 13.6. The Kier molecular flexibility index (Phi) is 5.94.